The first kappa shape index (κ1) is 10.4. The second kappa shape index (κ2) is 4.57. The van der Waals surface area contributed by atoms with Crippen LogP contribution in [0.4, 0.5) is 0 Å². The van der Waals surface area contributed by atoms with Crippen LogP contribution in [0.25, 0.3) is 11.5 Å². The summed E-state index contributed by atoms with van der Waals surface area (Å²) in [5.74, 6) is 1.27. The zero-order chi connectivity index (χ0) is 10.7. The molecule has 0 aliphatic heterocycles. The molecule has 0 N–H and O–H groups in total. The van der Waals surface area contributed by atoms with E-state index in [1.165, 1.54) is 0 Å². The van der Waals surface area contributed by atoms with Gasteiger partial charge in [0, 0.05) is 10.9 Å². The van der Waals surface area contributed by atoms with Gasteiger partial charge in [0.25, 0.3) is 0 Å². The van der Waals surface area contributed by atoms with Crippen LogP contribution in [0, 0.1) is 0 Å². The Bertz CT molecular complexity index is 453. The van der Waals surface area contributed by atoms with Gasteiger partial charge in [-0.05, 0) is 34.5 Å². The lowest BCUT2D eigenvalue weighted by Gasteiger charge is -1.96. The van der Waals surface area contributed by atoms with E-state index in [0.29, 0.717) is 11.8 Å². The molecule has 15 heavy (non-hydrogen) atoms. The van der Waals surface area contributed by atoms with Gasteiger partial charge < -0.3 is 4.42 Å². The van der Waals surface area contributed by atoms with E-state index in [1.807, 2.05) is 24.3 Å². The fraction of sp³-hybridized carbons (Fsp3) is 0.273. The number of aryl methyl sites for hydroxylation is 1. The van der Waals surface area contributed by atoms with Crippen molar-refractivity contribution in [2.24, 2.45) is 0 Å². The summed E-state index contributed by atoms with van der Waals surface area (Å²) in [6, 6.07) is 7.81. The lowest BCUT2D eigenvalue weighted by Crippen LogP contribution is -1.80. The van der Waals surface area contributed by atoms with E-state index in [2.05, 4.69) is 33.1 Å². The molecule has 0 saturated heterocycles. The number of hydrogen-bond donors (Lipinski definition) is 0. The predicted molar refractivity (Wildman–Crippen MR) is 61.4 cm³/mol. The molecule has 78 valence electrons. The zero-order valence-electron chi connectivity index (χ0n) is 8.40. The van der Waals surface area contributed by atoms with E-state index in [4.69, 9.17) is 4.42 Å². The van der Waals surface area contributed by atoms with Gasteiger partial charge >= 0.3 is 0 Å². The van der Waals surface area contributed by atoms with Crippen molar-refractivity contribution in [3.8, 4) is 11.5 Å². The molecule has 0 saturated carbocycles. The Balaban J connectivity index is 2.33. The molecule has 0 aliphatic rings. The standard InChI is InChI=1S/C11H11BrN2O/c1-2-5-10-13-14-11(15-10)8-6-3-4-7-9(8)12/h3-4,6-7H,2,5H2,1H3. The van der Waals surface area contributed by atoms with Gasteiger partial charge in [-0.1, -0.05) is 19.1 Å². The SMILES string of the molecule is CCCc1nnc(-c2ccccc2Br)o1. The van der Waals surface area contributed by atoms with Crippen molar-refractivity contribution in [3.63, 3.8) is 0 Å². The second-order valence-corrected chi connectivity index (χ2v) is 4.09. The molecule has 0 bridgehead atoms. The Morgan fingerprint density at radius 2 is 2.07 bits per heavy atom. The average molecular weight is 267 g/mol. The molecule has 0 fully saturated rings. The monoisotopic (exact) mass is 266 g/mol. The minimum absolute atomic E-state index is 0.575. The first-order valence-electron chi connectivity index (χ1n) is 4.88. The van der Waals surface area contributed by atoms with Gasteiger partial charge in [0.2, 0.25) is 11.8 Å². The average Bonchev–Trinajstić information content (AvgIpc) is 2.68. The molecule has 2 aromatic rings. The molecule has 0 atom stereocenters. The fourth-order valence-corrected chi connectivity index (χ4v) is 1.77. The van der Waals surface area contributed by atoms with Gasteiger partial charge in [0.05, 0.1) is 5.56 Å². The Morgan fingerprint density at radius 3 is 2.80 bits per heavy atom. The van der Waals surface area contributed by atoms with Crippen LogP contribution in [0.15, 0.2) is 33.2 Å². The lowest BCUT2D eigenvalue weighted by atomic mass is 10.2. The number of aromatic nitrogens is 2. The molecular formula is C11H11BrN2O. The Labute approximate surface area is 96.7 Å². The minimum atomic E-state index is 0.575. The molecule has 0 radical (unpaired) electrons. The molecule has 2 rings (SSSR count). The first-order valence-corrected chi connectivity index (χ1v) is 5.68. The highest BCUT2D eigenvalue weighted by Crippen LogP contribution is 2.26. The van der Waals surface area contributed by atoms with Gasteiger partial charge in [-0.2, -0.15) is 0 Å². The molecule has 1 aromatic carbocycles. The van der Waals surface area contributed by atoms with Crippen LogP contribution >= 0.6 is 15.9 Å². The van der Waals surface area contributed by atoms with Crippen LogP contribution in [-0.4, -0.2) is 10.2 Å². The summed E-state index contributed by atoms with van der Waals surface area (Å²) in [5.41, 5.74) is 0.937. The van der Waals surface area contributed by atoms with Crippen LogP contribution in [-0.2, 0) is 6.42 Å². The highest BCUT2D eigenvalue weighted by Gasteiger charge is 2.09. The van der Waals surface area contributed by atoms with Crippen molar-refractivity contribution < 1.29 is 4.42 Å². The summed E-state index contributed by atoms with van der Waals surface area (Å²) in [6.45, 7) is 2.09. The van der Waals surface area contributed by atoms with E-state index in [9.17, 15) is 0 Å². The smallest absolute Gasteiger partial charge is 0.248 e. The summed E-state index contributed by atoms with van der Waals surface area (Å²) in [6.07, 6.45) is 1.84. The third-order valence-corrected chi connectivity index (χ3v) is 2.73. The molecule has 0 spiro atoms. The number of rotatable bonds is 3. The van der Waals surface area contributed by atoms with Crippen LogP contribution in [0.3, 0.4) is 0 Å². The maximum atomic E-state index is 5.54. The molecule has 0 aliphatic carbocycles. The maximum Gasteiger partial charge on any atom is 0.248 e. The van der Waals surface area contributed by atoms with Gasteiger partial charge in [-0.3, -0.25) is 0 Å². The van der Waals surface area contributed by atoms with Crippen molar-refractivity contribution in [2.75, 3.05) is 0 Å². The maximum absolute atomic E-state index is 5.54. The zero-order valence-corrected chi connectivity index (χ0v) is 9.99. The quantitative estimate of drug-likeness (QED) is 0.854. The van der Waals surface area contributed by atoms with E-state index < -0.39 is 0 Å². The Morgan fingerprint density at radius 1 is 1.27 bits per heavy atom. The number of halogens is 1. The molecule has 0 unspecified atom stereocenters. The van der Waals surface area contributed by atoms with Crippen molar-refractivity contribution >= 4 is 15.9 Å². The largest absolute Gasteiger partial charge is 0.421 e. The Hall–Kier alpha value is -1.16. The topological polar surface area (TPSA) is 38.9 Å². The van der Waals surface area contributed by atoms with Crippen LogP contribution < -0.4 is 0 Å². The van der Waals surface area contributed by atoms with Gasteiger partial charge in [0.15, 0.2) is 0 Å². The minimum Gasteiger partial charge on any atom is -0.421 e. The molecule has 4 heteroatoms. The van der Waals surface area contributed by atoms with E-state index in [1.54, 1.807) is 0 Å². The highest BCUT2D eigenvalue weighted by molar-refractivity contribution is 9.10. The van der Waals surface area contributed by atoms with Crippen LogP contribution in [0.1, 0.15) is 19.2 Å². The van der Waals surface area contributed by atoms with E-state index >= 15 is 0 Å². The number of benzene rings is 1. The third kappa shape index (κ3) is 2.26. The summed E-state index contributed by atoms with van der Waals surface area (Å²) >= 11 is 3.45. The predicted octanol–water partition coefficient (Wildman–Crippen LogP) is 3.45. The van der Waals surface area contributed by atoms with Gasteiger partial charge in [-0.15, -0.1) is 10.2 Å². The molecule has 0 amide bonds. The van der Waals surface area contributed by atoms with Crippen molar-refractivity contribution in [3.05, 3.63) is 34.6 Å². The third-order valence-electron chi connectivity index (χ3n) is 2.03. The summed E-state index contributed by atoms with van der Waals surface area (Å²) in [5, 5.41) is 8.01. The highest BCUT2D eigenvalue weighted by atomic mass is 79.9. The summed E-state index contributed by atoms with van der Waals surface area (Å²) < 4.78 is 6.51. The van der Waals surface area contributed by atoms with Crippen molar-refractivity contribution in [1.82, 2.24) is 10.2 Å². The first-order chi connectivity index (χ1) is 7.31. The normalized spacial score (nSPS) is 10.5. The van der Waals surface area contributed by atoms with E-state index in [0.717, 1.165) is 22.9 Å². The van der Waals surface area contributed by atoms with Gasteiger partial charge in [-0.25, -0.2) is 0 Å². The Kier molecular flexibility index (Phi) is 3.16. The summed E-state index contributed by atoms with van der Waals surface area (Å²) in [7, 11) is 0. The second-order valence-electron chi connectivity index (χ2n) is 3.23. The number of hydrogen-bond acceptors (Lipinski definition) is 3. The molecular weight excluding hydrogens is 256 g/mol. The van der Waals surface area contributed by atoms with Crippen molar-refractivity contribution in [1.29, 1.82) is 0 Å². The van der Waals surface area contributed by atoms with Crippen LogP contribution in [0.2, 0.25) is 0 Å². The fourth-order valence-electron chi connectivity index (χ4n) is 1.31. The molecule has 1 aromatic heterocycles. The van der Waals surface area contributed by atoms with E-state index in [-0.39, 0.29) is 0 Å². The number of nitrogens with zero attached hydrogens (tertiary/aromatic N) is 2. The van der Waals surface area contributed by atoms with Gasteiger partial charge in [0.1, 0.15) is 0 Å². The lowest BCUT2D eigenvalue weighted by molar-refractivity contribution is 0.502. The molecule has 1 heterocycles. The molecule has 3 nitrogen and oxygen atoms in total. The van der Waals surface area contributed by atoms with Crippen LogP contribution in [0.5, 0.6) is 0 Å². The van der Waals surface area contributed by atoms with Crippen molar-refractivity contribution in [2.45, 2.75) is 19.8 Å². The summed E-state index contributed by atoms with van der Waals surface area (Å²) in [4.78, 5) is 0.